The van der Waals surface area contributed by atoms with Crippen molar-refractivity contribution in [2.75, 3.05) is 19.6 Å². The molecule has 27 heavy (non-hydrogen) atoms. The Morgan fingerprint density at radius 3 is 2.67 bits per heavy atom. The number of carbonyl (C=O) groups excluding carboxylic acids is 1. The summed E-state index contributed by atoms with van der Waals surface area (Å²) in [7, 11) is 0. The number of aromatic nitrogens is 2. The Labute approximate surface area is 164 Å². The molecule has 0 aliphatic heterocycles. The van der Waals surface area contributed by atoms with E-state index >= 15 is 0 Å². The van der Waals surface area contributed by atoms with E-state index in [9.17, 15) is 4.79 Å². The number of hydrogen-bond donors (Lipinski definition) is 3. The first-order chi connectivity index (χ1) is 13.2. The molecule has 1 aliphatic carbocycles. The van der Waals surface area contributed by atoms with Gasteiger partial charge in [-0.2, -0.15) is 5.10 Å². The molecule has 7 nitrogen and oxygen atoms in total. The van der Waals surface area contributed by atoms with Crippen LogP contribution in [0.1, 0.15) is 25.3 Å². The number of amides is 1. The van der Waals surface area contributed by atoms with Crippen molar-refractivity contribution >= 4 is 23.5 Å². The van der Waals surface area contributed by atoms with Gasteiger partial charge in [0.1, 0.15) is 0 Å². The molecule has 0 atom stereocenters. The van der Waals surface area contributed by atoms with Crippen LogP contribution in [0.15, 0.2) is 41.7 Å². The summed E-state index contributed by atoms with van der Waals surface area (Å²) in [6.45, 7) is 4.52. The molecular formula is C19H25ClN6O. The second-order valence-electron chi connectivity index (χ2n) is 6.46. The topological polar surface area (TPSA) is 83.3 Å². The van der Waals surface area contributed by atoms with Crippen LogP contribution in [0.2, 0.25) is 5.02 Å². The summed E-state index contributed by atoms with van der Waals surface area (Å²) in [6, 6.07) is 7.52. The summed E-state index contributed by atoms with van der Waals surface area (Å²) in [5.41, 5.74) is 1.95. The zero-order valence-electron chi connectivity index (χ0n) is 15.4. The molecule has 1 amide bonds. The number of hydrogen-bond acceptors (Lipinski definition) is 3. The first-order valence-electron chi connectivity index (χ1n) is 9.25. The third kappa shape index (κ3) is 5.99. The molecule has 0 bridgehead atoms. The second-order valence-corrected chi connectivity index (χ2v) is 6.89. The van der Waals surface area contributed by atoms with E-state index in [0.717, 1.165) is 36.6 Å². The Balaban J connectivity index is 1.50. The first kappa shape index (κ1) is 19.2. The zero-order chi connectivity index (χ0) is 19.1. The minimum absolute atomic E-state index is 0.161. The number of benzene rings is 1. The van der Waals surface area contributed by atoms with Crippen molar-refractivity contribution in [3.63, 3.8) is 0 Å². The molecule has 0 unspecified atom stereocenters. The van der Waals surface area contributed by atoms with Gasteiger partial charge in [0.15, 0.2) is 5.96 Å². The van der Waals surface area contributed by atoms with Gasteiger partial charge in [-0.15, -0.1) is 0 Å². The van der Waals surface area contributed by atoms with Gasteiger partial charge in [0, 0.05) is 42.3 Å². The molecule has 1 fully saturated rings. The van der Waals surface area contributed by atoms with E-state index in [2.05, 4.69) is 26.0 Å². The molecule has 0 saturated heterocycles. The molecular weight excluding hydrogens is 364 g/mol. The van der Waals surface area contributed by atoms with Gasteiger partial charge in [-0.1, -0.05) is 11.6 Å². The molecule has 144 valence electrons. The number of guanidine groups is 1. The average molecular weight is 389 g/mol. The van der Waals surface area contributed by atoms with E-state index in [0.29, 0.717) is 24.7 Å². The maximum atomic E-state index is 11.6. The minimum atomic E-state index is 0.161. The molecule has 1 heterocycles. The number of carbonyl (C=O) groups is 1. The Hall–Kier alpha value is -2.54. The van der Waals surface area contributed by atoms with Gasteiger partial charge in [0.25, 0.3) is 0 Å². The lowest BCUT2D eigenvalue weighted by Crippen LogP contribution is -2.41. The van der Waals surface area contributed by atoms with Crippen LogP contribution in [0, 0.1) is 5.92 Å². The Morgan fingerprint density at radius 1 is 1.22 bits per heavy atom. The normalized spacial score (nSPS) is 14.1. The van der Waals surface area contributed by atoms with Gasteiger partial charge in [0.05, 0.1) is 18.4 Å². The van der Waals surface area contributed by atoms with E-state index in [1.54, 1.807) is 10.9 Å². The third-order valence-electron chi connectivity index (χ3n) is 4.16. The summed E-state index contributed by atoms with van der Waals surface area (Å²) in [5.74, 6) is 1.12. The van der Waals surface area contributed by atoms with Crippen molar-refractivity contribution < 1.29 is 4.79 Å². The SMILES string of the molecule is CCNC(=NCc1cnn(-c2ccc(Cl)cc2)c1)NCCNC(=O)C1CC1. The molecule has 0 spiro atoms. The molecule has 3 N–H and O–H groups in total. The minimum Gasteiger partial charge on any atom is -0.357 e. The number of aliphatic imine (C=N–C) groups is 1. The quantitative estimate of drug-likeness (QED) is 0.367. The average Bonchev–Trinajstić information content (AvgIpc) is 3.42. The smallest absolute Gasteiger partial charge is 0.223 e. The van der Waals surface area contributed by atoms with E-state index in [4.69, 9.17) is 11.6 Å². The van der Waals surface area contributed by atoms with Crippen LogP contribution >= 0.6 is 11.6 Å². The van der Waals surface area contributed by atoms with Crippen LogP contribution in [0.3, 0.4) is 0 Å². The largest absolute Gasteiger partial charge is 0.357 e. The zero-order valence-corrected chi connectivity index (χ0v) is 16.2. The third-order valence-corrected chi connectivity index (χ3v) is 4.41. The highest BCUT2D eigenvalue weighted by Crippen LogP contribution is 2.28. The predicted octanol–water partition coefficient (Wildman–Crippen LogP) is 2.11. The van der Waals surface area contributed by atoms with Gasteiger partial charge < -0.3 is 16.0 Å². The number of nitrogens with one attached hydrogen (secondary N) is 3. The Morgan fingerprint density at radius 2 is 1.96 bits per heavy atom. The lowest BCUT2D eigenvalue weighted by atomic mass is 10.3. The van der Waals surface area contributed by atoms with Crippen LogP contribution in [0.4, 0.5) is 0 Å². The van der Waals surface area contributed by atoms with Gasteiger partial charge in [-0.3, -0.25) is 4.79 Å². The molecule has 1 aliphatic rings. The molecule has 1 aromatic carbocycles. The van der Waals surface area contributed by atoms with Crippen molar-refractivity contribution in [1.82, 2.24) is 25.7 Å². The maximum Gasteiger partial charge on any atom is 0.223 e. The number of halogens is 1. The monoisotopic (exact) mass is 388 g/mol. The van der Waals surface area contributed by atoms with Crippen molar-refractivity contribution in [3.8, 4) is 5.69 Å². The fraction of sp³-hybridized carbons (Fsp3) is 0.421. The van der Waals surface area contributed by atoms with Gasteiger partial charge >= 0.3 is 0 Å². The van der Waals surface area contributed by atoms with E-state index < -0.39 is 0 Å². The van der Waals surface area contributed by atoms with E-state index in [1.165, 1.54) is 0 Å². The van der Waals surface area contributed by atoms with Gasteiger partial charge in [-0.25, -0.2) is 9.67 Å². The summed E-state index contributed by atoms with van der Waals surface area (Å²) in [5, 5.41) is 14.4. The van der Waals surface area contributed by atoms with Crippen LogP contribution in [0.25, 0.3) is 5.69 Å². The van der Waals surface area contributed by atoms with Crippen molar-refractivity contribution in [3.05, 3.63) is 47.2 Å². The fourth-order valence-electron chi connectivity index (χ4n) is 2.55. The van der Waals surface area contributed by atoms with Gasteiger partial charge in [-0.05, 0) is 44.0 Å². The van der Waals surface area contributed by atoms with Crippen LogP contribution in [-0.4, -0.2) is 41.3 Å². The van der Waals surface area contributed by atoms with Gasteiger partial charge in [0.2, 0.25) is 5.91 Å². The van der Waals surface area contributed by atoms with Crippen LogP contribution in [0.5, 0.6) is 0 Å². The maximum absolute atomic E-state index is 11.6. The van der Waals surface area contributed by atoms with Crippen molar-refractivity contribution in [2.24, 2.45) is 10.9 Å². The highest BCUT2D eigenvalue weighted by molar-refractivity contribution is 6.30. The molecule has 2 aromatic rings. The van der Waals surface area contributed by atoms with Crippen molar-refractivity contribution in [2.45, 2.75) is 26.3 Å². The Kier molecular flexibility index (Phi) is 6.70. The predicted molar refractivity (Wildman–Crippen MR) is 107 cm³/mol. The lowest BCUT2D eigenvalue weighted by molar-refractivity contribution is -0.122. The summed E-state index contributed by atoms with van der Waals surface area (Å²) in [4.78, 5) is 16.2. The Bertz CT molecular complexity index is 782. The van der Waals surface area contributed by atoms with Crippen LogP contribution < -0.4 is 16.0 Å². The number of rotatable bonds is 8. The number of nitrogens with zero attached hydrogens (tertiary/aromatic N) is 3. The first-order valence-corrected chi connectivity index (χ1v) is 9.63. The highest BCUT2D eigenvalue weighted by Gasteiger charge is 2.28. The molecule has 1 aromatic heterocycles. The second kappa shape index (κ2) is 9.41. The summed E-state index contributed by atoms with van der Waals surface area (Å²) >= 11 is 5.92. The molecule has 1 saturated carbocycles. The molecule has 8 heteroatoms. The highest BCUT2D eigenvalue weighted by atomic mass is 35.5. The molecule has 0 radical (unpaired) electrons. The van der Waals surface area contributed by atoms with Crippen LogP contribution in [-0.2, 0) is 11.3 Å². The summed E-state index contributed by atoms with van der Waals surface area (Å²) in [6.07, 6.45) is 5.80. The lowest BCUT2D eigenvalue weighted by Gasteiger charge is -2.11. The van der Waals surface area contributed by atoms with E-state index in [-0.39, 0.29) is 11.8 Å². The molecule has 3 rings (SSSR count). The summed E-state index contributed by atoms with van der Waals surface area (Å²) < 4.78 is 1.80. The standard InChI is InChI=1S/C19H25ClN6O/c1-2-21-19(23-10-9-22-18(27)15-3-4-15)24-11-14-12-25-26(13-14)17-7-5-16(20)6-8-17/h5-8,12-13,15H,2-4,9-11H2,1H3,(H,22,27)(H2,21,23,24). The van der Waals surface area contributed by atoms with Crippen molar-refractivity contribution in [1.29, 1.82) is 0 Å². The van der Waals surface area contributed by atoms with E-state index in [1.807, 2.05) is 37.4 Å². The fourth-order valence-corrected chi connectivity index (χ4v) is 2.67.